The van der Waals surface area contributed by atoms with Crippen LogP contribution in [0, 0.1) is 5.92 Å². The minimum absolute atomic E-state index is 0.142. The standard InChI is InChI=1S/C22H28N4O2/c1-28-20-8-4-17(5-9-20)3-2-14-25-15-11-19(12-16-25)26-21(10-13-23-26)24-22(27)18-6-7-18/h2-5,8-10,13,18-19H,6-7,11-12,14-16H2,1H3,(H,24,27). The van der Waals surface area contributed by atoms with Gasteiger partial charge in [-0.15, -0.1) is 0 Å². The minimum atomic E-state index is 0.142. The van der Waals surface area contributed by atoms with Crippen molar-refractivity contribution in [1.29, 1.82) is 0 Å². The van der Waals surface area contributed by atoms with E-state index in [1.54, 1.807) is 13.3 Å². The van der Waals surface area contributed by atoms with Gasteiger partial charge in [0.15, 0.2) is 0 Å². The zero-order valence-corrected chi connectivity index (χ0v) is 16.4. The monoisotopic (exact) mass is 380 g/mol. The number of anilines is 1. The lowest BCUT2D eigenvalue weighted by Crippen LogP contribution is -2.35. The molecule has 1 aliphatic carbocycles. The van der Waals surface area contributed by atoms with Crippen molar-refractivity contribution in [2.75, 3.05) is 32.1 Å². The third-order valence-electron chi connectivity index (χ3n) is 5.56. The number of aromatic nitrogens is 2. The van der Waals surface area contributed by atoms with Crippen molar-refractivity contribution in [3.63, 3.8) is 0 Å². The number of carbonyl (C=O) groups excluding carboxylic acids is 1. The molecule has 1 saturated heterocycles. The van der Waals surface area contributed by atoms with E-state index in [1.807, 2.05) is 22.9 Å². The van der Waals surface area contributed by atoms with Crippen LogP contribution in [-0.2, 0) is 4.79 Å². The average molecular weight is 380 g/mol. The molecule has 1 aromatic carbocycles. The van der Waals surface area contributed by atoms with Gasteiger partial charge in [-0.1, -0.05) is 24.3 Å². The Kier molecular flexibility index (Phi) is 5.76. The third-order valence-corrected chi connectivity index (χ3v) is 5.56. The number of nitrogens with one attached hydrogen (secondary N) is 1. The molecule has 0 bridgehead atoms. The first kappa shape index (κ1) is 18.7. The van der Waals surface area contributed by atoms with Crippen LogP contribution >= 0.6 is 0 Å². The molecule has 0 spiro atoms. The normalized spacial score (nSPS) is 18.5. The van der Waals surface area contributed by atoms with E-state index in [0.717, 1.165) is 56.9 Å². The summed E-state index contributed by atoms with van der Waals surface area (Å²) in [6.07, 6.45) is 10.3. The first-order chi connectivity index (χ1) is 13.7. The van der Waals surface area contributed by atoms with E-state index in [0.29, 0.717) is 6.04 Å². The second-order valence-corrected chi connectivity index (χ2v) is 7.63. The highest BCUT2D eigenvalue weighted by atomic mass is 16.5. The van der Waals surface area contributed by atoms with Crippen molar-refractivity contribution in [1.82, 2.24) is 14.7 Å². The largest absolute Gasteiger partial charge is 0.497 e. The number of nitrogens with zero attached hydrogens (tertiary/aromatic N) is 3. The van der Waals surface area contributed by atoms with Crippen LogP contribution < -0.4 is 10.1 Å². The smallest absolute Gasteiger partial charge is 0.228 e. The topological polar surface area (TPSA) is 59.4 Å². The third kappa shape index (κ3) is 4.62. The Balaban J connectivity index is 1.26. The first-order valence-electron chi connectivity index (χ1n) is 10.1. The number of ether oxygens (including phenoxy) is 1. The number of methoxy groups -OCH3 is 1. The molecule has 148 valence electrons. The predicted molar refractivity (Wildman–Crippen MR) is 110 cm³/mol. The summed E-state index contributed by atoms with van der Waals surface area (Å²) in [5, 5.41) is 7.52. The molecule has 1 saturated carbocycles. The molecule has 1 N–H and O–H groups in total. The van der Waals surface area contributed by atoms with Crippen molar-refractivity contribution < 1.29 is 9.53 Å². The highest BCUT2D eigenvalue weighted by molar-refractivity contribution is 5.93. The number of hydrogen-bond donors (Lipinski definition) is 1. The van der Waals surface area contributed by atoms with E-state index in [1.165, 1.54) is 5.56 Å². The number of amides is 1. The highest BCUT2D eigenvalue weighted by Gasteiger charge is 2.31. The van der Waals surface area contributed by atoms with Crippen LogP contribution in [0.1, 0.15) is 37.3 Å². The van der Waals surface area contributed by atoms with Crippen molar-refractivity contribution >= 4 is 17.8 Å². The fourth-order valence-corrected chi connectivity index (χ4v) is 3.68. The molecular formula is C22H28N4O2. The quantitative estimate of drug-likeness (QED) is 0.797. The summed E-state index contributed by atoms with van der Waals surface area (Å²) in [4.78, 5) is 14.5. The van der Waals surface area contributed by atoms with Gasteiger partial charge in [0.2, 0.25) is 5.91 Å². The summed E-state index contributed by atoms with van der Waals surface area (Å²) in [5.74, 6) is 2.07. The summed E-state index contributed by atoms with van der Waals surface area (Å²) >= 11 is 0. The van der Waals surface area contributed by atoms with Crippen LogP contribution in [0.25, 0.3) is 6.08 Å². The first-order valence-corrected chi connectivity index (χ1v) is 10.1. The molecule has 1 amide bonds. The lowest BCUT2D eigenvalue weighted by molar-refractivity contribution is -0.117. The molecule has 2 aliphatic rings. The van der Waals surface area contributed by atoms with Crippen LogP contribution in [0.2, 0.25) is 0 Å². The van der Waals surface area contributed by atoms with Gasteiger partial charge in [-0.05, 0) is 43.4 Å². The van der Waals surface area contributed by atoms with Gasteiger partial charge in [-0.25, -0.2) is 4.68 Å². The van der Waals surface area contributed by atoms with E-state index in [2.05, 4.69) is 39.6 Å². The van der Waals surface area contributed by atoms with E-state index >= 15 is 0 Å². The van der Waals surface area contributed by atoms with E-state index in [4.69, 9.17) is 4.74 Å². The summed E-state index contributed by atoms with van der Waals surface area (Å²) < 4.78 is 7.20. The molecule has 2 aromatic rings. The molecule has 0 atom stereocenters. The van der Waals surface area contributed by atoms with Crippen molar-refractivity contribution in [2.45, 2.75) is 31.7 Å². The summed E-state index contributed by atoms with van der Waals surface area (Å²) in [6.45, 7) is 3.02. The van der Waals surface area contributed by atoms with Gasteiger partial charge in [-0.3, -0.25) is 9.69 Å². The molecule has 1 aromatic heterocycles. The Morgan fingerprint density at radius 3 is 2.61 bits per heavy atom. The average Bonchev–Trinajstić information content (AvgIpc) is 3.49. The van der Waals surface area contributed by atoms with Gasteiger partial charge in [0.05, 0.1) is 19.3 Å². The number of hydrogen-bond acceptors (Lipinski definition) is 4. The van der Waals surface area contributed by atoms with E-state index in [9.17, 15) is 4.79 Å². The summed E-state index contributed by atoms with van der Waals surface area (Å²) in [6, 6.07) is 10.4. The van der Waals surface area contributed by atoms with Crippen molar-refractivity contribution in [2.24, 2.45) is 5.92 Å². The maximum atomic E-state index is 12.1. The fraction of sp³-hybridized carbons (Fsp3) is 0.455. The molecule has 0 radical (unpaired) electrons. The van der Waals surface area contributed by atoms with Gasteiger partial charge < -0.3 is 10.1 Å². The second kappa shape index (κ2) is 8.61. The van der Waals surface area contributed by atoms with Gasteiger partial charge >= 0.3 is 0 Å². The molecule has 1 aliphatic heterocycles. The maximum Gasteiger partial charge on any atom is 0.228 e. The van der Waals surface area contributed by atoms with E-state index in [-0.39, 0.29) is 11.8 Å². The van der Waals surface area contributed by atoms with E-state index < -0.39 is 0 Å². The molecule has 0 unspecified atom stereocenters. The molecule has 6 heteroatoms. The SMILES string of the molecule is COc1ccc(C=CCN2CCC(n3nccc3NC(=O)C3CC3)CC2)cc1. The van der Waals surface area contributed by atoms with Crippen LogP contribution in [0.5, 0.6) is 5.75 Å². The van der Waals surface area contributed by atoms with Crippen LogP contribution in [0.15, 0.2) is 42.6 Å². The van der Waals surface area contributed by atoms with Gasteiger partial charge in [-0.2, -0.15) is 5.10 Å². The zero-order chi connectivity index (χ0) is 19.3. The van der Waals surface area contributed by atoms with Gasteiger partial charge in [0.25, 0.3) is 0 Å². The van der Waals surface area contributed by atoms with Crippen LogP contribution in [-0.4, -0.2) is 47.3 Å². The number of benzene rings is 1. The van der Waals surface area contributed by atoms with Crippen LogP contribution in [0.4, 0.5) is 5.82 Å². The Morgan fingerprint density at radius 1 is 1.18 bits per heavy atom. The highest BCUT2D eigenvalue weighted by Crippen LogP contribution is 2.31. The Morgan fingerprint density at radius 2 is 1.93 bits per heavy atom. The van der Waals surface area contributed by atoms with Crippen LogP contribution in [0.3, 0.4) is 0 Å². The Hall–Kier alpha value is -2.60. The maximum absolute atomic E-state index is 12.1. The van der Waals surface area contributed by atoms with Gasteiger partial charge in [0.1, 0.15) is 11.6 Å². The zero-order valence-electron chi connectivity index (χ0n) is 16.4. The van der Waals surface area contributed by atoms with Gasteiger partial charge in [0, 0.05) is 31.6 Å². The fourth-order valence-electron chi connectivity index (χ4n) is 3.68. The number of likely N-dealkylation sites (tertiary alicyclic amines) is 1. The molecular weight excluding hydrogens is 352 g/mol. The Labute approximate surface area is 166 Å². The lowest BCUT2D eigenvalue weighted by atomic mass is 10.1. The predicted octanol–water partition coefficient (Wildman–Crippen LogP) is 3.59. The van der Waals surface area contributed by atoms with Crippen molar-refractivity contribution in [3.8, 4) is 5.75 Å². The number of piperidine rings is 1. The molecule has 4 rings (SSSR count). The second-order valence-electron chi connectivity index (χ2n) is 7.63. The molecule has 2 fully saturated rings. The Bertz CT molecular complexity index is 815. The summed E-state index contributed by atoms with van der Waals surface area (Å²) in [5.41, 5.74) is 1.18. The lowest BCUT2D eigenvalue weighted by Gasteiger charge is -2.32. The molecule has 2 heterocycles. The molecule has 6 nitrogen and oxygen atoms in total. The number of rotatable bonds is 7. The molecule has 28 heavy (non-hydrogen) atoms. The van der Waals surface area contributed by atoms with Crippen molar-refractivity contribution in [3.05, 3.63) is 48.2 Å². The number of carbonyl (C=O) groups is 1. The summed E-state index contributed by atoms with van der Waals surface area (Å²) in [7, 11) is 1.68. The minimum Gasteiger partial charge on any atom is -0.497 e.